The number of aromatic carboxylic acids is 1. The van der Waals surface area contributed by atoms with Crippen molar-refractivity contribution in [2.45, 2.75) is 20.8 Å². The largest absolute Gasteiger partial charge is 0.478 e. The molecule has 0 saturated carbocycles. The van der Waals surface area contributed by atoms with Gasteiger partial charge in [-0.2, -0.15) is 0 Å². The predicted molar refractivity (Wildman–Crippen MR) is 51.8 cm³/mol. The number of hydrogen-bond acceptors (Lipinski definition) is 3. The molecule has 1 N–H and O–H groups in total. The molecule has 0 saturated heterocycles. The van der Waals surface area contributed by atoms with Crippen LogP contribution in [-0.4, -0.2) is 22.7 Å². The van der Waals surface area contributed by atoms with Crippen molar-refractivity contribution in [2.24, 2.45) is 0 Å². The summed E-state index contributed by atoms with van der Waals surface area (Å²) in [5.41, 5.74) is 1.42. The second-order valence-corrected chi connectivity index (χ2v) is 2.98. The highest BCUT2D eigenvalue weighted by Crippen LogP contribution is 2.17. The topological polar surface area (TPSA) is 59.4 Å². The molecular weight excluding hydrogens is 182 g/mol. The van der Waals surface area contributed by atoms with Crippen molar-refractivity contribution in [3.8, 4) is 5.88 Å². The Morgan fingerprint density at radius 2 is 2.21 bits per heavy atom. The molecule has 0 bridgehead atoms. The van der Waals surface area contributed by atoms with Gasteiger partial charge in [0.25, 0.3) is 0 Å². The van der Waals surface area contributed by atoms with Gasteiger partial charge < -0.3 is 9.84 Å². The van der Waals surface area contributed by atoms with E-state index in [0.717, 1.165) is 0 Å². The fraction of sp³-hybridized carbons (Fsp3) is 0.400. The van der Waals surface area contributed by atoms with Gasteiger partial charge in [0.05, 0.1) is 17.9 Å². The fourth-order valence-electron chi connectivity index (χ4n) is 1.34. The van der Waals surface area contributed by atoms with Gasteiger partial charge in [0.15, 0.2) is 0 Å². The quantitative estimate of drug-likeness (QED) is 0.798. The lowest BCUT2D eigenvalue weighted by atomic mass is 10.1. The maximum atomic E-state index is 10.8. The maximum absolute atomic E-state index is 10.8. The third kappa shape index (κ3) is 2.02. The maximum Gasteiger partial charge on any atom is 0.337 e. The van der Waals surface area contributed by atoms with Crippen molar-refractivity contribution in [2.75, 3.05) is 6.61 Å². The number of carboxylic acid groups (broad SMARTS) is 1. The highest BCUT2D eigenvalue weighted by molar-refractivity contribution is 5.90. The van der Waals surface area contributed by atoms with Gasteiger partial charge >= 0.3 is 5.97 Å². The smallest absolute Gasteiger partial charge is 0.337 e. The van der Waals surface area contributed by atoms with Crippen LogP contribution in [0.25, 0.3) is 0 Å². The molecule has 0 unspecified atom stereocenters. The minimum atomic E-state index is -0.949. The SMILES string of the molecule is CCOc1cc(C)c(C(=O)O)c(C)n1. The van der Waals surface area contributed by atoms with Crippen LogP contribution in [0.5, 0.6) is 5.88 Å². The van der Waals surface area contributed by atoms with Crippen LogP contribution in [0.15, 0.2) is 6.07 Å². The number of hydrogen-bond donors (Lipinski definition) is 1. The molecule has 0 aromatic carbocycles. The average molecular weight is 195 g/mol. The minimum absolute atomic E-state index is 0.258. The zero-order valence-electron chi connectivity index (χ0n) is 8.50. The first kappa shape index (κ1) is 10.5. The summed E-state index contributed by atoms with van der Waals surface area (Å²) in [6, 6.07) is 1.64. The zero-order valence-corrected chi connectivity index (χ0v) is 8.50. The monoisotopic (exact) mass is 195 g/mol. The third-order valence-corrected chi connectivity index (χ3v) is 1.88. The van der Waals surface area contributed by atoms with Crippen LogP contribution in [0.1, 0.15) is 28.5 Å². The Kier molecular flexibility index (Phi) is 3.06. The molecule has 1 heterocycles. The Morgan fingerprint density at radius 1 is 1.57 bits per heavy atom. The van der Waals surface area contributed by atoms with E-state index in [-0.39, 0.29) is 5.56 Å². The van der Waals surface area contributed by atoms with Crippen LogP contribution in [0.4, 0.5) is 0 Å². The van der Waals surface area contributed by atoms with E-state index in [1.807, 2.05) is 6.92 Å². The van der Waals surface area contributed by atoms with E-state index in [9.17, 15) is 4.79 Å². The molecule has 0 fully saturated rings. The summed E-state index contributed by atoms with van der Waals surface area (Å²) >= 11 is 0. The molecule has 76 valence electrons. The standard InChI is InChI=1S/C10H13NO3/c1-4-14-8-5-6(2)9(10(12)13)7(3)11-8/h5H,4H2,1-3H3,(H,12,13). The summed E-state index contributed by atoms with van der Waals surface area (Å²) in [7, 11) is 0. The molecule has 14 heavy (non-hydrogen) atoms. The number of aromatic nitrogens is 1. The number of carboxylic acids is 1. The van der Waals surface area contributed by atoms with E-state index in [1.165, 1.54) is 0 Å². The summed E-state index contributed by atoms with van der Waals surface area (Å²) in [4.78, 5) is 14.9. The van der Waals surface area contributed by atoms with Crippen molar-refractivity contribution in [3.63, 3.8) is 0 Å². The lowest BCUT2D eigenvalue weighted by molar-refractivity contribution is 0.0694. The number of pyridine rings is 1. The van der Waals surface area contributed by atoms with E-state index in [4.69, 9.17) is 9.84 Å². The van der Waals surface area contributed by atoms with E-state index >= 15 is 0 Å². The van der Waals surface area contributed by atoms with Gasteiger partial charge in [0, 0.05) is 6.07 Å². The molecule has 0 aliphatic rings. The van der Waals surface area contributed by atoms with Gasteiger partial charge in [-0.15, -0.1) is 0 Å². The molecule has 1 aromatic rings. The zero-order chi connectivity index (χ0) is 10.7. The molecule has 0 spiro atoms. The highest BCUT2D eigenvalue weighted by atomic mass is 16.5. The molecular formula is C10H13NO3. The van der Waals surface area contributed by atoms with Crippen LogP contribution in [0.2, 0.25) is 0 Å². The Morgan fingerprint density at radius 3 is 2.64 bits per heavy atom. The second kappa shape index (κ2) is 4.09. The van der Waals surface area contributed by atoms with Crippen LogP contribution < -0.4 is 4.74 Å². The molecule has 0 aliphatic heterocycles. The fourth-order valence-corrected chi connectivity index (χ4v) is 1.34. The Balaban J connectivity index is 3.18. The first-order valence-electron chi connectivity index (χ1n) is 4.40. The molecule has 0 radical (unpaired) electrons. The van der Waals surface area contributed by atoms with Gasteiger partial charge in [-0.25, -0.2) is 9.78 Å². The van der Waals surface area contributed by atoms with E-state index in [1.54, 1.807) is 19.9 Å². The van der Waals surface area contributed by atoms with Crippen molar-refractivity contribution in [1.82, 2.24) is 4.98 Å². The normalized spacial score (nSPS) is 9.93. The van der Waals surface area contributed by atoms with Gasteiger partial charge in [-0.1, -0.05) is 0 Å². The van der Waals surface area contributed by atoms with Crippen molar-refractivity contribution < 1.29 is 14.6 Å². The highest BCUT2D eigenvalue weighted by Gasteiger charge is 2.13. The van der Waals surface area contributed by atoms with Crippen molar-refractivity contribution in [3.05, 3.63) is 22.9 Å². The lowest BCUT2D eigenvalue weighted by Crippen LogP contribution is -2.06. The van der Waals surface area contributed by atoms with E-state index < -0.39 is 5.97 Å². The molecule has 4 nitrogen and oxygen atoms in total. The first-order valence-corrected chi connectivity index (χ1v) is 4.40. The lowest BCUT2D eigenvalue weighted by Gasteiger charge is -2.08. The average Bonchev–Trinajstić information content (AvgIpc) is 2.01. The number of carbonyl (C=O) groups is 1. The molecule has 0 atom stereocenters. The molecule has 1 rings (SSSR count). The van der Waals surface area contributed by atoms with Crippen molar-refractivity contribution >= 4 is 5.97 Å². The third-order valence-electron chi connectivity index (χ3n) is 1.88. The Hall–Kier alpha value is -1.58. The van der Waals surface area contributed by atoms with Crippen LogP contribution in [0.3, 0.4) is 0 Å². The summed E-state index contributed by atoms with van der Waals surface area (Å²) in [6.45, 7) is 5.79. The van der Waals surface area contributed by atoms with Crippen LogP contribution >= 0.6 is 0 Å². The summed E-state index contributed by atoms with van der Waals surface area (Å²) in [6.07, 6.45) is 0. The number of aryl methyl sites for hydroxylation is 2. The number of nitrogens with zero attached hydrogens (tertiary/aromatic N) is 1. The molecule has 1 aromatic heterocycles. The number of rotatable bonds is 3. The summed E-state index contributed by atoms with van der Waals surface area (Å²) in [5, 5.41) is 8.89. The summed E-state index contributed by atoms with van der Waals surface area (Å²) in [5.74, 6) is -0.469. The van der Waals surface area contributed by atoms with Gasteiger partial charge in [-0.05, 0) is 26.3 Å². The van der Waals surface area contributed by atoms with Gasteiger partial charge in [0.2, 0.25) is 5.88 Å². The van der Waals surface area contributed by atoms with Gasteiger partial charge in [0.1, 0.15) is 0 Å². The first-order chi connectivity index (χ1) is 6.56. The van der Waals surface area contributed by atoms with Crippen molar-refractivity contribution in [1.29, 1.82) is 0 Å². The molecule has 4 heteroatoms. The molecule has 0 amide bonds. The Labute approximate surface area is 82.5 Å². The second-order valence-electron chi connectivity index (χ2n) is 2.98. The van der Waals surface area contributed by atoms with Crippen LogP contribution in [0, 0.1) is 13.8 Å². The molecule has 0 aliphatic carbocycles. The summed E-state index contributed by atoms with van der Waals surface area (Å²) < 4.78 is 5.20. The minimum Gasteiger partial charge on any atom is -0.478 e. The van der Waals surface area contributed by atoms with Crippen LogP contribution in [-0.2, 0) is 0 Å². The van der Waals surface area contributed by atoms with E-state index in [2.05, 4.69) is 4.98 Å². The predicted octanol–water partition coefficient (Wildman–Crippen LogP) is 1.80. The van der Waals surface area contributed by atoms with E-state index in [0.29, 0.717) is 23.7 Å². The number of ether oxygens (including phenoxy) is 1. The van der Waals surface area contributed by atoms with Gasteiger partial charge in [-0.3, -0.25) is 0 Å². The Bertz CT molecular complexity index is 337.